The van der Waals surface area contributed by atoms with Crippen molar-refractivity contribution in [2.75, 3.05) is 20.2 Å². The third-order valence-electron chi connectivity index (χ3n) is 4.32. The topological polar surface area (TPSA) is 39.1 Å². The van der Waals surface area contributed by atoms with Crippen molar-refractivity contribution >= 4 is 11.6 Å². The van der Waals surface area contributed by atoms with Crippen LogP contribution in [0.4, 0.5) is 0 Å². The Morgan fingerprint density at radius 3 is 3.05 bits per heavy atom. The summed E-state index contributed by atoms with van der Waals surface area (Å²) in [5.74, 6) is 0.817. The zero-order valence-corrected chi connectivity index (χ0v) is 13.2. The molecule has 5 heteroatoms. The lowest BCUT2D eigenvalue weighted by molar-refractivity contribution is 0.406. The number of aromatic nitrogens is 2. The number of methoxy groups -OCH3 is 1. The van der Waals surface area contributed by atoms with Crippen LogP contribution in [0.5, 0.6) is 5.75 Å². The highest BCUT2D eigenvalue weighted by Crippen LogP contribution is 2.32. The molecule has 2 aromatic rings. The molecule has 0 radical (unpaired) electrons. The van der Waals surface area contributed by atoms with Gasteiger partial charge in [-0.05, 0) is 25.1 Å². The molecule has 0 amide bonds. The highest BCUT2D eigenvalue weighted by atomic mass is 35.5. The van der Waals surface area contributed by atoms with Gasteiger partial charge in [0.25, 0.3) is 0 Å². The molecule has 1 aromatic carbocycles. The van der Waals surface area contributed by atoms with E-state index < -0.39 is 0 Å². The van der Waals surface area contributed by atoms with E-state index in [1.165, 1.54) is 5.69 Å². The molecular weight excluding hydrogens is 286 g/mol. The summed E-state index contributed by atoms with van der Waals surface area (Å²) in [4.78, 5) is 4.34. The van der Waals surface area contributed by atoms with E-state index in [-0.39, 0.29) is 5.41 Å². The summed E-state index contributed by atoms with van der Waals surface area (Å²) in [5, 5.41) is 4.16. The molecule has 2 heterocycles. The Labute approximate surface area is 130 Å². The van der Waals surface area contributed by atoms with Gasteiger partial charge in [0.1, 0.15) is 5.75 Å². The smallest absolute Gasteiger partial charge is 0.125 e. The summed E-state index contributed by atoms with van der Waals surface area (Å²) in [6, 6.07) is 5.74. The third kappa shape index (κ3) is 2.65. The summed E-state index contributed by atoms with van der Waals surface area (Å²) in [6.45, 7) is 4.99. The van der Waals surface area contributed by atoms with E-state index in [0.29, 0.717) is 6.54 Å². The summed E-state index contributed by atoms with van der Waals surface area (Å²) in [5.41, 5.74) is 2.37. The molecule has 0 bridgehead atoms. The van der Waals surface area contributed by atoms with Gasteiger partial charge in [-0.25, -0.2) is 4.98 Å². The number of halogens is 1. The number of rotatable bonds is 4. The Kier molecular flexibility index (Phi) is 3.91. The van der Waals surface area contributed by atoms with Crippen molar-refractivity contribution in [1.29, 1.82) is 0 Å². The first-order valence-corrected chi connectivity index (χ1v) is 7.54. The van der Waals surface area contributed by atoms with Gasteiger partial charge in [0.2, 0.25) is 0 Å². The lowest BCUT2D eigenvalue weighted by Gasteiger charge is -2.24. The van der Waals surface area contributed by atoms with Gasteiger partial charge in [0, 0.05) is 34.4 Å². The van der Waals surface area contributed by atoms with E-state index in [9.17, 15) is 0 Å². The van der Waals surface area contributed by atoms with Gasteiger partial charge in [0.15, 0.2) is 0 Å². The Morgan fingerprint density at radius 1 is 1.48 bits per heavy atom. The van der Waals surface area contributed by atoms with Crippen molar-refractivity contribution in [3.8, 4) is 5.75 Å². The number of nitrogens with zero attached hydrogens (tertiary/aromatic N) is 2. The van der Waals surface area contributed by atoms with Crippen LogP contribution in [0.3, 0.4) is 0 Å². The summed E-state index contributed by atoms with van der Waals surface area (Å²) < 4.78 is 7.61. The molecule has 3 rings (SSSR count). The van der Waals surface area contributed by atoms with Crippen LogP contribution in [-0.4, -0.2) is 29.8 Å². The van der Waals surface area contributed by atoms with Crippen molar-refractivity contribution in [1.82, 2.24) is 14.9 Å². The Balaban J connectivity index is 1.95. The maximum Gasteiger partial charge on any atom is 0.125 e. The molecule has 1 aromatic heterocycles. The minimum Gasteiger partial charge on any atom is -0.496 e. The number of benzene rings is 1. The minimum absolute atomic E-state index is 0.130. The second kappa shape index (κ2) is 5.70. The molecule has 1 aliphatic rings. The Morgan fingerprint density at radius 2 is 2.33 bits per heavy atom. The van der Waals surface area contributed by atoms with E-state index >= 15 is 0 Å². The maximum absolute atomic E-state index is 6.35. The quantitative estimate of drug-likeness (QED) is 0.944. The average molecular weight is 306 g/mol. The second-order valence-corrected chi connectivity index (χ2v) is 6.22. The molecule has 1 fully saturated rings. The lowest BCUT2D eigenvalue weighted by atomic mass is 9.86. The van der Waals surface area contributed by atoms with Gasteiger partial charge >= 0.3 is 0 Å². The highest BCUT2D eigenvalue weighted by molar-refractivity contribution is 6.31. The van der Waals surface area contributed by atoms with E-state index in [2.05, 4.69) is 21.8 Å². The van der Waals surface area contributed by atoms with Gasteiger partial charge < -0.3 is 14.6 Å². The lowest BCUT2D eigenvalue weighted by Crippen LogP contribution is -2.28. The predicted octanol–water partition coefficient (Wildman–Crippen LogP) is 2.84. The molecule has 1 saturated heterocycles. The fourth-order valence-corrected chi connectivity index (χ4v) is 3.26. The fourth-order valence-electron chi connectivity index (χ4n) is 3.04. The van der Waals surface area contributed by atoms with Crippen LogP contribution in [0.15, 0.2) is 30.7 Å². The first kappa shape index (κ1) is 14.4. The Hall–Kier alpha value is -1.52. The minimum atomic E-state index is 0.130. The van der Waals surface area contributed by atoms with Crippen LogP contribution < -0.4 is 10.1 Å². The SMILES string of the molecule is COc1cccc(Cl)c1Cn1cncc1C1(C)CCNC1. The van der Waals surface area contributed by atoms with Crippen LogP contribution >= 0.6 is 11.6 Å². The molecule has 112 valence electrons. The normalized spacial score (nSPS) is 21.7. The molecular formula is C16H20ClN3O. The van der Waals surface area contributed by atoms with Crippen LogP contribution in [0.1, 0.15) is 24.6 Å². The molecule has 0 spiro atoms. The predicted molar refractivity (Wildman–Crippen MR) is 84.2 cm³/mol. The van der Waals surface area contributed by atoms with Gasteiger partial charge in [-0.1, -0.05) is 24.6 Å². The number of imidazole rings is 1. The van der Waals surface area contributed by atoms with Gasteiger partial charge in [-0.3, -0.25) is 0 Å². The van der Waals surface area contributed by atoms with E-state index in [1.54, 1.807) is 7.11 Å². The summed E-state index contributed by atoms with van der Waals surface area (Å²) in [6.07, 6.45) is 4.97. The molecule has 0 aliphatic carbocycles. The first-order chi connectivity index (χ1) is 10.1. The Bertz CT molecular complexity index is 632. The first-order valence-electron chi connectivity index (χ1n) is 7.17. The van der Waals surface area contributed by atoms with Crippen LogP contribution in [0.25, 0.3) is 0 Å². The zero-order chi connectivity index (χ0) is 14.9. The van der Waals surface area contributed by atoms with Gasteiger partial charge in [-0.2, -0.15) is 0 Å². The van der Waals surface area contributed by atoms with E-state index in [0.717, 1.165) is 35.8 Å². The largest absolute Gasteiger partial charge is 0.496 e. The van der Waals surface area contributed by atoms with Crippen molar-refractivity contribution in [2.45, 2.75) is 25.3 Å². The van der Waals surface area contributed by atoms with Gasteiger partial charge in [0.05, 0.1) is 20.0 Å². The molecule has 1 unspecified atom stereocenters. The second-order valence-electron chi connectivity index (χ2n) is 5.81. The molecule has 4 nitrogen and oxygen atoms in total. The average Bonchev–Trinajstić information content (AvgIpc) is 3.11. The van der Waals surface area contributed by atoms with Crippen LogP contribution in [-0.2, 0) is 12.0 Å². The standard InChI is InChI=1S/C16H20ClN3O/c1-16(6-7-18-10-16)15-8-19-11-20(15)9-12-13(17)4-3-5-14(12)21-2/h3-5,8,11,18H,6-7,9-10H2,1-2H3. The fraction of sp³-hybridized carbons (Fsp3) is 0.438. The maximum atomic E-state index is 6.35. The third-order valence-corrected chi connectivity index (χ3v) is 4.68. The van der Waals surface area contributed by atoms with Gasteiger partial charge in [-0.15, -0.1) is 0 Å². The van der Waals surface area contributed by atoms with Crippen molar-refractivity contribution in [3.63, 3.8) is 0 Å². The zero-order valence-electron chi connectivity index (χ0n) is 12.4. The summed E-state index contributed by atoms with van der Waals surface area (Å²) in [7, 11) is 1.67. The number of hydrogen-bond donors (Lipinski definition) is 1. The molecule has 1 atom stereocenters. The van der Waals surface area contributed by atoms with E-state index in [1.807, 2.05) is 30.7 Å². The molecule has 1 N–H and O–H groups in total. The van der Waals surface area contributed by atoms with Crippen molar-refractivity contribution < 1.29 is 4.74 Å². The van der Waals surface area contributed by atoms with Crippen LogP contribution in [0, 0.1) is 0 Å². The highest BCUT2D eigenvalue weighted by Gasteiger charge is 2.33. The van der Waals surface area contributed by atoms with Crippen molar-refractivity contribution in [2.24, 2.45) is 0 Å². The summed E-state index contributed by atoms with van der Waals surface area (Å²) >= 11 is 6.35. The monoisotopic (exact) mass is 305 g/mol. The number of nitrogens with one attached hydrogen (secondary N) is 1. The molecule has 1 aliphatic heterocycles. The van der Waals surface area contributed by atoms with Crippen molar-refractivity contribution in [3.05, 3.63) is 47.0 Å². The molecule has 0 saturated carbocycles. The van der Waals surface area contributed by atoms with E-state index in [4.69, 9.17) is 16.3 Å². The number of hydrogen-bond acceptors (Lipinski definition) is 3. The van der Waals surface area contributed by atoms with Crippen LogP contribution in [0.2, 0.25) is 5.02 Å². The number of ether oxygens (including phenoxy) is 1. The molecule has 21 heavy (non-hydrogen) atoms.